The highest BCUT2D eigenvalue weighted by atomic mass is 35.5. The van der Waals surface area contributed by atoms with Crippen LogP contribution in [0.3, 0.4) is 0 Å². The van der Waals surface area contributed by atoms with E-state index in [4.69, 9.17) is 16.7 Å². The largest absolute Gasteiger partial charge is 0.465 e. The molecule has 3 heterocycles. The Balaban J connectivity index is 1.67. The maximum Gasteiger partial charge on any atom is 0.411 e. The predicted molar refractivity (Wildman–Crippen MR) is 97.9 cm³/mol. The number of anilines is 1. The fraction of sp³-hybridized carbons (Fsp3) is 0.0667. The first kappa shape index (κ1) is 16.9. The Kier molecular flexibility index (Phi) is 3.90. The average Bonchev–Trinajstić information content (AvgIpc) is 3.13. The SMILES string of the molecule is O=C(O)N1C=Cc2cc(NS(=O)(=O)c3c(Cl)nc4sccn34)ccc2C1. The quantitative estimate of drug-likeness (QED) is 0.689. The lowest BCUT2D eigenvalue weighted by Crippen LogP contribution is -2.25. The van der Waals surface area contributed by atoms with Crippen LogP contribution in [0, 0.1) is 0 Å². The molecule has 134 valence electrons. The van der Waals surface area contributed by atoms with Crippen LogP contribution in [-0.2, 0) is 16.6 Å². The Labute approximate surface area is 157 Å². The molecule has 2 aromatic heterocycles. The minimum absolute atomic E-state index is 0.0979. The number of carboxylic acid groups (broad SMARTS) is 1. The van der Waals surface area contributed by atoms with Crippen molar-refractivity contribution in [2.45, 2.75) is 11.6 Å². The van der Waals surface area contributed by atoms with Crippen LogP contribution >= 0.6 is 22.9 Å². The molecule has 1 aliphatic heterocycles. The minimum atomic E-state index is -3.95. The lowest BCUT2D eigenvalue weighted by molar-refractivity contribution is 0.161. The highest BCUT2D eigenvalue weighted by Gasteiger charge is 2.25. The number of fused-ring (bicyclic) bond motifs is 2. The fourth-order valence-corrected chi connectivity index (χ4v) is 5.18. The minimum Gasteiger partial charge on any atom is -0.465 e. The second-order valence-corrected chi connectivity index (χ2v) is 8.34. The molecule has 0 bridgehead atoms. The highest BCUT2D eigenvalue weighted by Crippen LogP contribution is 2.29. The highest BCUT2D eigenvalue weighted by molar-refractivity contribution is 7.92. The van der Waals surface area contributed by atoms with Gasteiger partial charge in [0.2, 0.25) is 0 Å². The van der Waals surface area contributed by atoms with Crippen LogP contribution in [0.4, 0.5) is 10.5 Å². The summed E-state index contributed by atoms with van der Waals surface area (Å²) in [6.45, 7) is 0.207. The van der Waals surface area contributed by atoms with Crippen LogP contribution in [-0.4, -0.2) is 33.9 Å². The van der Waals surface area contributed by atoms with E-state index in [9.17, 15) is 13.2 Å². The van der Waals surface area contributed by atoms with Crippen LogP contribution in [0.25, 0.3) is 11.0 Å². The molecule has 3 aromatic rings. The summed E-state index contributed by atoms with van der Waals surface area (Å²) in [7, 11) is -3.95. The van der Waals surface area contributed by atoms with Crippen molar-refractivity contribution >= 4 is 55.8 Å². The molecule has 1 aliphatic rings. The van der Waals surface area contributed by atoms with Gasteiger partial charge in [-0.25, -0.2) is 9.78 Å². The smallest absolute Gasteiger partial charge is 0.411 e. The Hall–Kier alpha value is -2.56. The molecule has 1 aromatic carbocycles. The van der Waals surface area contributed by atoms with Crippen molar-refractivity contribution in [2.75, 3.05) is 4.72 Å². The van der Waals surface area contributed by atoms with Gasteiger partial charge in [-0.3, -0.25) is 14.0 Å². The van der Waals surface area contributed by atoms with Gasteiger partial charge in [0.15, 0.2) is 15.1 Å². The molecule has 0 radical (unpaired) electrons. The maximum atomic E-state index is 12.7. The van der Waals surface area contributed by atoms with Gasteiger partial charge in [0.1, 0.15) is 0 Å². The Morgan fingerprint density at radius 2 is 2.19 bits per heavy atom. The maximum absolute atomic E-state index is 12.7. The molecule has 0 unspecified atom stereocenters. The van der Waals surface area contributed by atoms with E-state index >= 15 is 0 Å². The van der Waals surface area contributed by atoms with Gasteiger partial charge in [0.25, 0.3) is 10.0 Å². The van der Waals surface area contributed by atoms with Gasteiger partial charge in [-0.1, -0.05) is 17.7 Å². The van der Waals surface area contributed by atoms with Crippen molar-refractivity contribution < 1.29 is 18.3 Å². The number of halogens is 1. The summed E-state index contributed by atoms with van der Waals surface area (Å²) in [4.78, 5) is 16.7. The number of amides is 1. The van der Waals surface area contributed by atoms with Crippen molar-refractivity contribution in [1.29, 1.82) is 0 Å². The summed E-state index contributed by atoms with van der Waals surface area (Å²) in [6.07, 6.45) is 3.59. The number of carbonyl (C=O) groups is 1. The van der Waals surface area contributed by atoms with E-state index in [2.05, 4.69) is 9.71 Å². The standard InChI is InChI=1S/C15H11ClN4O4S2/c16-12-13(20-5-6-25-14(20)17-12)26(23,24)18-11-2-1-10-8-19(15(21)22)4-3-9(10)7-11/h1-7,18H,8H2,(H,21,22). The van der Waals surface area contributed by atoms with E-state index in [-0.39, 0.29) is 16.7 Å². The third-order valence-corrected chi connectivity index (χ3v) is 6.39. The first-order valence-corrected chi connectivity index (χ1v) is 10.0. The Morgan fingerprint density at radius 1 is 1.38 bits per heavy atom. The van der Waals surface area contributed by atoms with Gasteiger partial charge in [-0.05, 0) is 29.3 Å². The predicted octanol–water partition coefficient (Wildman–Crippen LogP) is 3.31. The van der Waals surface area contributed by atoms with E-state index in [0.717, 1.165) is 16.0 Å². The summed E-state index contributed by atoms with van der Waals surface area (Å²) in [5.74, 6) is 0. The molecule has 0 saturated carbocycles. The van der Waals surface area contributed by atoms with E-state index in [1.165, 1.54) is 21.9 Å². The second-order valence-electron chi connectivity index (χ2n) is 5.51. The third-order valence-electron chi connectivity index (χ3n) is 3.85. The van der Waals surface area contributed by atoms with E-state index in [0.29, 0.717) is 10.6 Å². The van der Waals surface area contributed by atoms with Crippen LogP contribution in [0.5, 0.6) is 0 Å². The second kappa shape index (κ2) is 6.01. The average molecular weight is 411 g/mol. The first-order valence-electron chi connectivity index (χ1n) is 7.30. The number of nitrogens with zero attached hydrogens (tertiary/aromatic N) is 3. The third kappa shape index (κ3) is 2.81. The van der Waals surface area contributed by atoms with E-state index in [1.54, 1.807) is 35.9 Å². The zero-order chi connectivity index (χ0) is 18.5. The van der Waals surface area contributed by atoms with E-state index in [1.807, 2.05) is 0 Å². The van der Waals surface area contributed by atoms with Crippen LogP contribution in [0.15, 0.2) is 41.0 Å². The number of hydrogen-bond donors (Lipinski definition) is 2. The topological polar surface area (TPSA) is 104 Å². The summed E-state index contributed by atoms with van der Waals surface area (Å²) in [6, 6.07) is 4.91. The molecular formula is C15H11ClN4O4S2. The van der Waals surface area contributed by atoms with Gasteiger partial charge in [0.05, 0.1) is 6.54 Å². The van der Waals surface area contributed by atoms with Crippen molar-refractivity contribution in [3.63, 3.8) is 0 Å². The lowest BCUT2D eigenvalue weighted by atomic mass is 10.0. The number of aromatic nitrogens is 2. The molecule has 0 spiro atoms. The number of sulfonamides is 1. The first-order chi connectivity index (χ1) is 12.3. The van der Waals surface area contributed by atoms with Crippen molar-refractivity contribution in [3.05, 3.63) is 52.3 Å². The van der Waals surface area contributed by atoms with Crippen molar-refractivity contribution in [2.24, 2.45) is 0 Å². The molecule has 0 aliphatic carbocycles. The lowest BCUT2D eigenvalue weighted by Gasteiger charge is -2.21. The fourth-order valence-electron chi connectivity index (χ4n) is 2.68. The van der Waals surface area contributed by atoms with Gasteiger partial charge in [-0.2, -0.15) is 8.42 Å². The monoisotopic (exact) mass is 410 g/mol. The molecule has 1 amide bonds. The molecule has 8 nitrogen and oxygen atoms in total. The molecule has 26 heavy (non-hydrogen) atoms. The number of benzene rings is 1. The number of hydrogen-bond acceptors (Lipinski definition) is 5. The van der Waals surface area contributed by atoms with Gasteiger partial charge in [0, 0.05) is 23.5 Å². The molecule has 0 atom stereocenters. The molecule has 4 rings (SSSR count). The Bertz CT molecular complexity index is 1170. The normalized spacial score (nSPS) is 13.8. The molecule has 0 saturated heterocycles. The molecule has 11 heteroatoms. The zero-order valence-corrected chi connectivity index (χ0v) is 15.3. The van der Waals surface area contributed by atoms with Gasteiger partial charge in [-0.15, -0.1) is 11.3 Å². The number of nitrogens with one attached hydrogen (secondary N) is 1. The number of imidazole rings is 1. The summed E-state index contributed by atoms with van der Waals surface area (Å²) >= 11 is 7.28. The van der Waals surface area contributed by atoms with Crippen LogP contribution in [0.1, 0.15) is 11.1 Å². The number of rotatable bonds is 3. The van der Waals surface area contributed by atoms with E-state index < -0.39 is 16.1 Å². The zero-order valence-electron chi connectivity index (χ0n) is 13.0. The summed E-state index contributed by atoms with van der Waals surface area (Å²) in [5.41, 5.74) is 1.86. The summed E-state index contributed by atoms with van der Waals surface area (Å²) < 4.78 is 29.4. The van der Waals surface area contributed by atoms with Crippen molar-refractivity contribution in [3.8, 4) is 0 Å². The molecule has 0 fully saturated rings. The van der Waals surface area contributed by atoms with Crippen molar-refractivity contribution in [1.82, 2.24) is 14.3 Å². The van der Waals surface area contributed by atoms with Gasteiger partial charge < -0.3 is 5.11 Å². The number of thiazole rings is 1. The van der Waals surface area contributed by atoms with Crippen LogP contribution in [0.2, 0.25) is 5.15 Å². The van der Waals surface area contributed by atoms with Crippen LogP contribution < -0.4 is 4.72 Å². The summed E-state index contributed by atoms with van der Waals surface area (Å²) in [5, 5.41) is 10.5. The Morgan fingerprint density at radius 3 is 2.96 bits per heavy atom. The molecule has 2 N–H and O–H groups in total. The molecular weight excluding hydrogens is 400 g/mol. The van der Waals surface area contributed by atoms with Gasteiger partial charge >= 0.3 is 6.09 Å².